The number of aromatic amines is 2. The molecule has 0 spiro atoms. The second kappa shape index (κ2) is 6.96. The molecule has 0 aliphatic heterocycles. The second-order valence-electron chi connectivity index (χ2n) is 6.82. The molecular formula is C21H15N5O4S. The van der Waals surface area contributed by atoms with Crippen molar-refractivity contribution < 1.29 is 8.42 Å². The molecule has 0 unspecified atom stereocenters. The lowest BCUT2D eigenvalue weighted by molar-refractivity contribution is 0.601. The van der Waals surface area contributed by atoms with Gasteiger partial charge in [-0.3, -0.25) is 4.79 Å². The Hall–Kier alpha value is -4.18. The van der Waals surface area contributed by atoms with E-state index in [0.717, 1.165) is 4.57 Å². The minimum atomic E-state index is -3.93. The van der Waals surface area contributed by atoms with E-state index in [1.54, 1.807) is 42.5 Å². The summed E-state index contributed by atoms with van der Waals surface area (Å²) in [4.78, 5) is 34.9. The van der Waals surface area contributed by atoms with Gasteiger partial charge >= 0.3 is 5.69 Å². The minimum absolute atomic E-state index is 0.0398. The van der Waals surface area contributed by atoms with Crippen LogP contribution in [0.2, 0.25) is 0 Å². The number of hydrogen-bond donors (Lipinski definition) is 3. The number of anilines is 1. The number of para-hydroxylation sites is 3. The summed E-state index contributed by atoms with van der Waals surface area (Å²) in [6, 6.07) is 19.3. The second-order valence-corrected chi connectivity index (χ2v) is 8.50. The normalized spacial score (nSPS) is 11.7. The number of imidazole rings is 1. The summed E-state index contributed by atoms with van der Waals surface area (Å²) in [6.45, 7) is 0. The molecule has 0 saturated carbocycles. The highest BCUT2D eigenvalue weighted by atomic mass is 32.2. The zero-order valence-corrected chi connectivity index (χ0v) is 16.7. The maximum absolute atomic E-state index is 12.8. The van der Waals surface area contributed by atoms with Crippen LogP contribution in [0.15, 0.2) is 87.3 Å². The van der Waals surface area contributed by atoms with Crippen molar-refractivity contribution in [2.45, 2.75) is 4.90 Å². The molecule has 0 atom stereocenters. The van der Waals surface area contributed by atoms with E-state index in [1.807, 2.05) is 6.07 Å². The van der Waals surface area contributed by atoms with Crippen LogP contribution in [-0.2, 0) is 10.0 Å². The zero-order valence-electron chi connectivity index (χ0n) is 15.9. The lowest BCUT2D eigenvalue weighted by Crippen LogP contribution is -2.33. The number of benzene rings is 3. The number of sulfonamides is 1. The van der Waals surface area contributed by atoms with Gasteiger partial charge in [0.2, 0.25) is 5.95 Å². The quantitative estimate of drug-likeness (QED) is 0.401. The SMILES string of the molecule is O=c1[nH]c2ccccc2c(=O)n1-c1ccc(S(=O)(=O)Nc2nc3ccccc3[nH]2)cc1. The van der Waals surface area contributed by atoms with Gasteiger partial charge in [0.1, 0.15) is 0 Å². The molecule has 3 aromatic carbocycles. The predicted molar refractivity (Wildman–Crippen MR) is 117 cm³/mol. The van der Waals surface area contributed by atoms with Gasteiger partial charge in [-0.05, 0) is 48.5 Å². The van der Waals surface area contributed by atoms with Crippen molar-refractivity contribution in [3.63, 3.8) is 0 Å². The molecule has 0 radical (unpaired) electrons. The third-order valence-electron chi connectivity index (χ3n) is 4.83. The van der Waals surface area contributed by atoms with E-state index >= 15 is 0 Å². The van der Waals surface area contributed by atoms with Crippen molar-refractivity contribution in [1.29, 1.82) is 0 Å². The summed E-state index contributed by atoms with van der Waals surface area (Å²) in [5, 5.41) is 0.352. The first kappa shape index (κ1) is 18.8. The van der Waals surface area contributed by atoms with Crippen LogP contribution in [0.25, 0.3) is 27.6 Å². The third kappa shape index (κ3) is 3.28. The maximum atomic E-state index is 12.8. The first-order chi connectivity index (χ1) is 14.9. The first-order valence-electron chi connectivity index (χ1n) is 9.24. The molecule has 2 aromatic heterocycles. The molecule has 31 heavy (non-hydrogen) atoms. The summed E-state index contributed by atoms with van der Waals surface area (Å²) in [7, 11) is -3.93. The van der Waals surface area contributed by atoms with Crippen LogP contribution < -0.4 is 16.0 Å². The number of nitrogens with zero attached hydrogens (tertiary/aromatic N) is 2. The van der Waals surface area contributed by atoms with Crippen LogP contribution in [-0.4, -0.2) is 27.9 Å². The molecular weight excluding hydrogens is 418 g/mol. The Morgan fingerprint density at radius 3 is 2.23 bits per heavy atom. The van der Waals surface area contributed by atoms with Crippen LogP contribution in [0.5, 0.6) is 0 Å². The Balaban J connectivity index is 1.50. The fraction of sp³-hybridized carbons (Fsp3) is 0. The van der Waals surface area contributed by atoms with Crippen LogP contribution >= 0.6 is 0 Å². The van der Waals surface area contributed by atoms with E-state index < -0.39 is 21.3 Å². The molecule has 0 aliphatic rings. The fourth-order valence-corrected chi connectivity index (χ4v) is 4.32. The minimum Gasteiger partial charge on any atom is -0.323 e. The summed E-state index contributed by atoms with van der Waals surface area (Å²) >= 11 is 0. The van der Waals surface area contributed by atoms with Crippen molar-refractivity contribution in [2.24, 2.45) is 0 Å². The lowest BCUT2D eigenvalue weighted by atomic mass is 10.2. The van der Waals surface area contributed by atoms with E-state index in [-0.39, 0.29) is 16.5 Å². The summed E-state index contributed by atoms with van der Waals surface area (Å²) in [5.74, 6) is 0.0902. The van der Waals surface area contributed by atoms with E-state index in [0.29, 0.717) is 21.9 Å². The van der Waals surface area contributed by atoms with Gasteiger partial charge in [0.15, 0.2) is 0 Å². The van der Waals surface area contributed by atoms with Crippen LogP contribution in [0.1, 0.15) is 0 Å². The van der Waals surface area contributed by atoms with E-state index in [2.05, 4.69) is 19.7 Å². The molecule has 9 nitrogen and oxygen atoms in total. The zero-order chi connectivity index (χ0) is 21.6. The number of fused-ring (bicyclic) bond motifs is 2. The van der Waals surface area contributed by atoms with E-state index in [9.17, 15) is 18.0 Å². The summed E-state index contributed by atoms with van der Waals surface area (Å²) in [5.41, 5.74) is 0.911. The number of hydrogen-bond acceptors (Lipinski definition) is 5. The highest BCUT2D eigenvalue weighted by Crippen LogP contribution is 2.18. The molecule has 5 rings (SSSR count). The molecule has 0 bridgehead atoms. The number of nitrogens with one attached hydrogen (secondary N) is 3. The summed E-state index contributed by atoms with van der Waals surface area (Å²) in [6.07, 6.45) is 0. The molecule has 0 fully saturated rings. The highest BCUT2D eigenvalue weighted by Gasteiger charge is 2.17. The highest BCUT2D eigenvalue weighted by molar-refractivity contribution is 7.92. The van der Waals surface area contributed by atoms with Gasteiger partial charge in [0.05, 0.1) is 32.5 Å². The molecule has 0 saturated heterocycles. The number of rotatable bonds is 4. The van der Waals surface area contributed by atoms with Crippen molar-refractivity contribution in [2.75, 3.05) is 4.72 Å². The standard InChI is InChI=1S/C21H15N5O4S/c27-19-15-5-1-2-6-16(15)24-21(28)26(19)13-9-11-14(12-10-13)31(29,30)25-20-22-17-7-3-4-8-18(17)23-20/h1-12H,(H,24,28)(H2,22,23,25). The van der Waals surface area contributed by atoms with Crippen molar-refractivity contribution in [3.8, 4) is 5.69 Å². The lowest BCUT2D eigenvalue weighted by Gasteiger charge is -2.09. The van der Waals surface area contributed by atoms with Crippen LogP contribution in [0.3, 0.4) is 0 Å². The predicted octanol–water partition coefficient (Wildman–Crippen LogP) is 2.36. The molecule has 3 N–H and O–H groups in total. The van der Waals surface area contributed by atoms with Gasteiger partial charge in [0.25, 0.3) is 15.6 Å². The van der Waals surface area contributed by atoms with Crippen molar-refractivity contribution in [3.05, 3.63) is 93.6 Å². The number of aromatic nitrogens is 4. The van der Waals surface area contributed by atoms with Gasteiger partial charge < -0.3 is 9.97 Å². The van der Waals surface area contributed by atoms with E-state index in [1.165, 1.54) is 24.3 Å². The molecule has 5 aromatic rings. The monoisotopic (exact) mass is 433 g/mol. The average molecular weight is 433 g/mol. The van der Waals surface area contributed by atoms with Crippen LogP contribution in [0, 0.1) is 0 Å². The Morgan fingerprint density at radius 1 is 0.806 bits per heavy atom. The van der Waals surface area contributed by atoms with Crippen molar-refractivity contribution in [1.82, 2.24) is 19.5 Å². The summed E-state index contributed by atoms with van der Waals surface area (Å²) < 4.78 is 28.8. The van der Waals surface area contributed by atoms with Crippen molar-refractivity contribution >= 4 is 37.9 Å². The van der Waals surface area contributed by atoms with Gasteiger partial charge in [0, 0.05) is 0 Å². The Kier molecular flexibility index (Phi) is 4.22. The van der Waals surface area contributed by atoms with Crippen LogP contribution in [0.4, 0.5) is 5.95 Å². The topological polar surface area (TPSA) is 130 Å². The molecule has 0 aliphatic carbocycles. The molecule has 10 heteroatoms. The Labute approximate surface area is 175 Å². The van der Waals surface area contributed by atoms with Gasteiger partial charge in [-0.15, -0.1) is 0 Å². The first-order valence-corrected chi connectivity index (χ1v) is 10.7. The van der Waals surface area contributed by atoms with Gasteiger partial charge in [-0.1, -0.05) is 24.3 Å². The largest absolute Gasteiger partial charge is 0.333 e. The Morgan fingerprint density at radius 2 is 1.48 bits per heavy atom. The maximum Gasteiger partial charge on any atom is 0.333 e. The average Bonchev–Trinajstić information content (AvgIpc) is 3.15. The fourth-order valence-electron chi connectivity index (χ4n) is 3.36. The van der Waals surface area contributed by atoms with Gasteiger partial charge in [-0.25, -0.2) is 27.5 Å². The Bertz CT molecular complexity index is 1630. The molecule has 154 valence electrons. The third-order valence-corrected chi connectivity index (χ3v) is 6.19. The number of H-pyrrole nitrogens is 2. The van der Waals surface area contributed by atoms with Gasteiger partial charge in [-0.2, -0.15) is 0 Å². The molecule has 0 amide bonds. The van der Waals surface area contributed by atoms with E-state index in [4.69, 9.17) is 0 Å². The molecule has 2 heterocycles. The smallest absolute Gasteiger partial charge is 0.323 e.